The number of hydrogen-bond donors (Lipinski definition) is 0. The van der Waals surface area contributed by atoms with E-state index in [2.05, 4.69) is 266 Å². The van der Waals surface area contributed by atoms with E-state index in [9.17, 15) is 0 Å². The van der Waals surface area contributed by atoms with Crippen LogP contribution in [0.25, 0.3) is 44.5 Å². The summed E-state index contributed by atoms with van der Waals surface area (Å²) in [6.45, 7) is 8.58. The van der Waals surface area contributed by atoms with Gasteiger partial charge in [-0.15, -0.1) is 0 Å². The van der Waals surface area contributed by atoms with Gasteiger partial charge < -0.3 is 0 Å². The Hall–Kier alpha value is -8.20. The number of benzene rings is 10. The van der Waals surface area contributed by atoms with Gasteiger partial charge in [0.15, 0.2) is 0 Å². The van der Waals surface area contributed by atoms with E-state index in [1.165, 1.54) is 94.7 Å². The zero-order valence-electron chi connectivity index (χ0n) is 38.1. The summed E-state index contributed by atoms with van der Waals surface area (Å²) in [6.07, 6.45) is 0.759. The van der Waals surface area contributed by atoms with E-state index in [-0.39, 0.29) is 12.5 Å². The van der Waals surface area contributed by atoms with Gasteiger partial charge in [0.25, 0.3) is 0 Å². The Morgan fingerprint density at radius 3 is 1.57 bits per heavy atom. The van der Waals surface area contributed by atoms with Gasteiger partial charge in [0.05, 0.1) is 0 Å². The van der Waals surface area contributed by atoms with Crippen LogP contribution in [0.4, 0.5) is 34.1 Å². The normalized spacial score (nSPS) is 13.2. The number of nitrogens with zero attached hydrogens (tertiary/aromatic N) is 2. The van der Waals surface area contributed by atoms with E-state index in [4.69, 9.17) is 0 Å². The second kappa shape index (κ2) is 17.5. The summed E-state index contributed by atoms with van der Waals surface area (Å²) in [5, 5.41) is 0. The molecule has 0 bridgehead atoms. The molecule has 0 spiro atoms. The molecule has 320 valence electrons. The average molecular weight is 867 g/mol. The first-order chi connectivity index (χ1) is 33.6. The first-order valence-corrected chi connectivity index (χ1v) is 23.7. The predicted molar refractivity (Wildman–Crippen MR) is 292 cm³/mol. The Balaban J connectivity index is 1.15. The molecule has 2 aliphatic heterocycles. The maximum atomic E-state index is 4.26. The van der Waals surface area contributed by atoms with Crippen molar-refractivity contribution >= 4 is 65.2 Å². The molecule has 0 fully saturated rings. The second-order valence-electron chi connectivity index (χ2n) is 18.1. The molecule has 0 aromatic heterocycles. The van der Waals surface area contributed by atoms with Crippen LogP contribution in [0.5, 0.6) is 0 Å². The van der Waals surface area contributed by atoms with Gasteiger partial charge >= 0.3 is 355 Å². The fourth-order valence-electron chi connectivity index (χ4n) is 11.0. The van der Waals surface area contributed by atoms with Crippen LogP contribution >= 0.6 is 0 Å². The third kappa shape index (κ3) is 7.30. The molecule has 4 heteroatoms. The molecule has 0 saturated heterocycles. The van der Waals surface area contributed by atoms with E-state index in [0.29, 0.717) is 0 Å². The van der Waals surface area contributed by atoms with Crippen LogP contribution in [-0.4, -0.2) is 20.1 Å². The standard InChI is InChI=1S/C64H48B2N2/c1-44-38-51(47-20-10-4-11-21-47)33-37-60(44)68-61-42-55(67(53-24-14-6-15-25-53)54-26-16-7-17-27-54)34-36-59(61)66-63(50-30-28-49(29-31-50)46-18-8-3-9-19-46)58-41-52(48-22-12-5-13-23-48)32-35-56(58)57-39-45(43-65-2)40-62(68)64(57)66/h3-42,63H,2,43H2,1H3. The van der Waals surface area contributed by atoms with Gasteiger partial charge in [0.2, 0.25) is 0 Å². The van der Waals surface area contributed by atoms with Crippen LogP contribution in [0.15, 0.2) is 243 Å². The maximum absolute atomic E-state index is 4.26. The summed E-state index contributed by atoms with van der Waals surface area (Å²) in [6, 6.07) is 89.6. The van der Waals surface area contributed by atoms with Crippen molar-refractivity contribution in [1.82, 2.24) is 0 Å². The minimum atomic E-state index is 0.00461. The van der Waals surface area contributed by atoms with Crippen LogP contribution < -0.4 is 20.7 Å². The molecule has 68 heavy (non-hydrogen) atoms. The van der Waals surface area contributed by atoms with Crippen molar-refractivity contribution in [2.45, 2.75) is 19.1 Å². The number of fused-ring (bicyclic) bond motifs is 4. The number of anilines is 6. The molecule has 12 rings (SSSR count). The zero-order chi connectivity index (χ0) is 45.6. The Morgan fingerprint density at radius 1 is 0.456 bits per heavy atom. The molecule has 0 radical (unpaired) electrons. The fraction of sp³-hybridized carbons (Fsp3) is 0.0469. The van der Waals surface area contributed by atoms with Crippen molar-refractivity contribution in [3.8, 4) is 44.5 Å². The Labute approximate surface area is 401 Å². The quantitative estimate of drug-likeness (QED) is 0.126. The first kappa shape index (κ1) is 41.2. The average Bonchev–Trinajstić information content (AvgIpc) is 3.40. The third-order valence-corrected chi connectivity index (χ3v) is 14.1. The van der Waals surface area contributed by atoms with Crippen LogP contribution in [0.1, 0.15) is 28.1 Å². The van der Waals surface area contributed by atoms with Gasteiger partial charge in [-0.05, 0) is 0 Å². The van der Waals surface area contributed by atoms with Crippen LogP contribution in [-0.2, 0) is 6.32 Å². The minimum absolute atomic E-state index is 0.00461. The fourth-order valence-corrected chi connectivity index (χ4v) is 11.0. The Kier molecular flexibility index (Phi) is 10.6. The molecule has 2 aliphatic rings. The van der Waals surface area contributed by atoms with Gasteiger partial charge in [-0.1, -0.05) is 48.5 Å². The molecular formula is C64H48B2N2. The van der Waals surface area contributed by atoms with Crippen LogP contribution in [0.2, 0.25) is 0 Å². The van der Waals surface area contributed by atoms with Gasteiger partial charge in [0, 0.05) is 0 Å². The molecule has 1 atom stereocenters. The van der Waals surface area contributed by atoms with Gasteiger partial charge in [-0.3, -0.25) is 0 Å². The van der Waals surface area contributed by atoms with Gasteiger partial charge in [-0.2, -0.15) is 0 Å². The molecule has 2 heterocycles. The Bertz CT molecular complexity index is 3410. The van der Waals surface area contributed by atoms with Crippen molar-refractivity contribution in [3.63, 3.8) is 0 Å². The van der Waals surface area contributed by atoms with E-state index < -0.39 is 0 Å². The molecule has 0 saturated carbocycles. The summed E-state index contributed by atoms with van der Waals surface area (Å²) in [5.74, 6) is 0.0163. The first-order valence-electron chi connectivity index (χ1n) is 23.7. The summed E-state index contributed by atoms with van der Waals surface area (Å²) in [4.78, 5) is 4.97. The molecular weight excluding hydrogens is 818 g/mol. The molecule has 2 nitrogen and oxygen atoms in total. The molecule has 0 N–H and O–H groups in total. The van der Waals surface area contributed by atoms with Gasteiger partial charge in [-0.25, -0.2) is 0 Å². The van der Waals surface area contributed by atoms with Crippen LogP contribution in [0, 0.1) is 6.92 Å². The predicted octanol–water partition coefficient (Wildman–Crippen LogP) is 14.8. The molecule has 0 aliphatic carbocycles. The van der Waals surface area contributed by atoms with Crippen molar-refractivity contribution in [1.29, 1.82) is 0 Å². The number of rotatable bonds is 10. The monoisotopic (exact) mass is 866 g/mol. The molecule has 1 unspecified atom stereocenters. The molecule has 0 amide bonds. The Morgan fingerprint density at radius 2 is 0.985 bits per heavy atom. The van der Waals surface area contributed by atoms with Crippen molar-refractivity contribution in [2.75, 3.05) is 9.80 Å². The van der Waals surface area contributed by atoms with Crippen molar-refractivity contribution < 1.29 is 0 Å². The van der Waals surface area contributed by atoms with E-state index >= 15 is 0 Å². The summed E-state index contributed by atoms with van der Waals surface area (Å²) in [5.41, 5.74) is 24.5. The van der Waals surface area contributed by atoms with E-state index in [0.717, 1.165) is 23.4 Å². The third-order valence-electron chi connectivity index (χ3n) is 14.1. The topological polar surface area (TPSA) is 6.48 Å². The number of para-hydroxylation sites is 2. The molecule has 10 aromatic rings. The number of hydrogen-bond acceptors (Lipinski definition) is 2. The zero-order valence-corrected chi connectivity index (χ0v) is 38.1. The second-order valence-corrected chi connectivity index (χ2v) is 18.1. The van der Waals surface area contributed by atoms with E-state index in [1.54, 1.807) is 0 Å². The van der Waals surface area contributed by atoms with Crippen molar-refractivity contribution in [3.05, 3.63) is 265 Å². The van der Waals surface area contributed by atoms with E-state index in [1.807, 2.05) is 6.92 Å². The summed E-state index contributed by atoms with van der Waals surface area (Å²) < 4.78 is 0. The van der Waals surface area contributed by atoms with Gasteiger partial charge in [0.1, 0.15) is 0 Å². The SMILES string of the molecule is C=BCc1cc2c3c(c1)N(c1ccc(-c4ccccc4)cc1C)c1cc(N(c4ccccc4)c4ccccc4)ccc1B3C(c1ccc(-c3ccccc3)cc1)c1cc(-c3ccccc3)ccc1-2. The molecule has 10 aromatic carbocycles. The number of aryl methyl sites for hydroxylation is 1. The summed E-state index contributed by atoms with van der Waals surface area (Å²) in [7, 11) is 0. The van der Waals surface area contributed by atoms with Crippen molar-refractivity contribution in [2.24, 2.45) is 0 Å². The summed E-state index contributed by atoms with van der Waals surface area (Å²) >= 11 is 0. The van der Waals surface area contributed by atoms with Crippen LogP contribution in [0.3, 0.4) is 0 Å².